The van der Waals surface area contributed by atoms with Crippen LogP contribution in [0.25, 0.3) is 76.2 Å². The number of hydrogen-bond donors (Lipinski definition) is 0. The molecule has 12 rings (SSSR count). The van der Waals surface area contributed by atoms with Crippen molar-refractivity contribution in [1.29, 1.82) is 10.5 Å². The van der Waals surface area contributed by atoms with E-state index in [1.165, 1.54) is 0 Å². The number of fused-ring (bicyclic) bond motifs is 6. The monoisotopic (exact) mass is 766 g/mol. The van der Waals surface area contributed by atoms with Crippen LogP contribution >= 0.6 is 0 Å². The molecular weight excluding hydrogens is 737 g/mol. The van der Waals surface area contributed by atoms with E-state index in [2.05, 4.69) is 119 Å². The predicted molar refractivity (Wildman–Crippen MR) is 243 cm³/mol. The highest BCUT2D eigenvalue weighted by atomic mass is 16.3. The Bertz CT molecular complexity index is 3500. The van der Waals surface area contributed by atoms with E-state index in [0.29, 0.717) is 11.1 Å². The van der Waals surface area contributed by atoms with Crippen LogP contribution in [0.2, 0.25) is 0 Å². The molecule has 0 fully saturated rings. The van der Waals surface area contributed by atoms with Crippen LogP contribution in [0.1, 0.15) is 11.1 Å². The van der Waals surface area contributed by atoms with E-state index in [-0.39, 0.29) is 0 Å². The van der Waals surface area contributed by atoms with Crippen LogP contribution in [-0.2, 0) is 0 Å². The molecule has 0 aliphatic rings. The molecule has 0 radical (unpaired) electrons. The van der Waals surface area contributed by atoms with Crippen LogP contribution in [0.15, 0.2) is 191 Å². The first-order valence-electron chi connectivity index (χ1n) is 19.8. The largest absolute Gasteiger partial charge is 0.454 e. The van der Waals surface area contributed by atoms with Crippen LogP contribution in [-0.4, -0.2) is 0 Å². The van der Waals surface area contributed by atoms with Crippen LogP contribution in [0.4, 0.5) is 34.1 Å². The lowest BCUT2D eigenvalue weighted by Gasteiger charge is -2.29. The first-order chi connectivity index (χ1) is 29.7. The molecule has 0 saturated carbocycles. The number of nitriles is 2. The Balaban J connectivity index is 1.13. The highest BCUT2D eigenvalue weighted by Crippen LogP contribution is 2.50. The van der Waals surface area contributed by atoms with E-state index in [4.69, 9.17) is 8.83 Å². The van der Waals surface area contributed by atoms with Crippen molar-refractivity contribution in [2.24, 2.45) is 0 Å². The Morgan fingerprint density at radius 3 is 1.17 bits per heavy atom. The molecule has 278 valence electrons. The Kier molecular flexibility index (Phi) is 7.26. The minimum atomic E-state index is 0.591. The van der Waals surface area contributed by atoms with Gasteiger partial charge in [-0.1, -0.05) is 97.1 Å². The second-order valence-corrected chi connectivity index (χ2v) is 15.1. The highest BCUT2D eigenvalue weighted by Gasteiger charge is 2.25. The fourth-order valence-electron chi connectivity index (χ4n) is 9.16. The SMILES string of the molecule is N#Cc1ccc(N(c2ccc3ccc4c(N(c5ccc(C#N)cc5)c5cccc6c5oc5ccccc56)ccc5ccc2c3c54)c2cccc3c2oc2ccccc23)cc1. The first kappa shape index (κ1) is 33.5. The number of anilines is 6. The number of hydrogen-bond acceptors (Lipinski definition) is 6. The van der Waals surface area contributed by atoms with Crippen molar-refractivity contribution in [2.75, 3.05) is 9.80 Å². The van der Waals surface area contributed by atoms with Gasteiger partial charge in [-0.05, 0) is 106 Å². The maximum Gasteiger partial charge on any atom is 0.159 e. The average Bonchev–Trinajstić information content (AvgIpc) is 3.89. The minimum absolute atomic E-state index is 0.591. The summed E-state index contributed by atoms with van der Waals surface area (Å²) < 4.78 is 13.3. The smallest absolute Gasteiger partial charge is 0.159 e. The number of para-hydroxylation sites is 4. The van der Waals surface area contributed by atoms with Gasteiger partial charge in [-0.25, -0.2) is 0 Å². The molecule has 6 heteroatoms. The summed E-state index contributed by atoms with van der Waals surface area (Å²) in [6.07, 6.45) is 0. The predicted octanol–water partition coefficient (Wildman–Crippen LogP) is 15.1. The summed E-state index contributed by atoms with van der Waals surface area (Å²) in [6.45, 7) is 0. The Morgan fingerprint density at radius 2 is 0.733 bits per heavy atom. The molecule has 6 nitrogen and oxygen atoms in total. The molecule has 60 heavy (non-hydrogen) atoms. The molecule has 0 saturated heterocycles. The van der Waals surface area contributed by atoms with E-state index in [0.717, 1.165) is 110 Å². The summed E-state index contributed by atoms with van der Waals surface area (Å²) in [5.74, 6) is 0. The maximum absolute atomic E-state index is 9.74. The van der Waals surface area contributed by atoms with Crippen molar-refractivity contribution in [1.82, 2.24) is 0 Å². The van der Waals surface area contributed by atoms with E-state index in [1.54, 1.807) is 0 Å². The zero-order valence-electron chi connectivity index (χ0n) is 31.9. The molecule has 0 spiro atoms. The van der Waals surface area contributed by atoms with Gasteiger partial charge in [0, 0.05) is 43.7 Å². The minimum Gasteiger partial charge on any atom is -0.454 e. The van der Waals surface area contributed by atoms with Crippen molar-refractivity contribution in [2.45, 2.75) is 0 Å². The summed E-state index contributed by atoms with van der Waals surface area (Å²) in [7, 11) is 0. The van der Waals surface area contributed by atoms with E-state index in [9.17, 15) is 10.5 Å². The van der Waals surface area contributed by atoms with Gasteiger partial charge in [-0.15, -0.1) is 0 Å². The molecule has 0 atom stereocenters. The molecule has 0 aliphatic heterocycles. The van der Waals surface area contributed by atoms with Crippen LogP contribution in [0.5, 0.6) is 0 Å². The van der Waals surface area contributed by atoms with Gasteiger partial charge in [0.1, 0.15) is 11.2 Å². The highest BCUT2D eigenvalue weighted by molar-refractivity contribution is 6.28. The summed E-state index contributed by atoms with van der Waals surface area (Å²) >= 11 is 0. The van der Waals surface area contributed by atoms with Crippen molar-refractivity contribution in [3.8, 4) is 12.1 Å². The van der Waals surface area contributed by atoms with Crippen LogP contribution in [0, 0.1) is 22.7 Å². The molecule has 0 amide bonds. The summed E-state index contributed by atoms with van der Waals surface area (Å²) in [6, 6.07) is 66.6. The Labute approximate surface area is 343 Å². The lowest BCUT2D eigenvalue weighted by molar-refractivity contribution is 0.669. The number of nitrogens with zero attached hydrogens (tertiary/aromatic N) is 4. The van der Waals surface area contributed by atoms with Crippen molar-refractivity contribution >= 4 is 110 Å². The summed E-state index contributed by atoms with van der Waals surface area (Å²) in [4.78, 5) is 4.51. The van der Waals surface area contributed by atoms with Crippen LogP contribution < -0.4 is 9.80 Å². The molecule has 0 aliphatic carbocycles. The van der Waals surface area contributed by atoms with Gasteiger partial charge in [0.25, 0.3) is 0 Å². The average molecular weight is 767 g/mol. The van der Waals surface area contributed by atoms with Gasteiger partial charge in [0.2, 0.25) is 0 Å². The Morgan fingerprint density at radius 1 is 0.333 bits per heavy atom. The summed E-state index contributed by atoms with van der Waals surface area (Å²) in [5.41, 5.74) is 9.98. The van der Waals surface area contributed by atoms with Gasteiger partial charge >= 0.3 is 0 Å². The van der Waals surface area contributed by atoms with Gasteiger partial charge in [0.05, 0.1) is 46.0 Å². The third-order valence-corrected chi connectivity index (χ3v) is 11.9. The van der Waals surface area contributed by atoms with Crippen molar-refractivity contribution in [3.63, 3.8) is 0 Å². The quantitative estimate of drug-likeness (QED) is 0.157. The third kappa shape index (κ3) is 4.92. The molecular formula is C54H30N4O2. The lowest BCUT2D eigenvalue weighted by atomic mass is 9.91. The lowest BCUT2D eigenvalue weighted by Crippen LogP contribution is -2.12. The van der Waals surface area contributed by atoms with Gasteiger partial charge in [0.15, 0.2) is 11.2 Å². The fourth-order valence-corrected chi connectivity index (χ4v) is 9.16. The first-order valence-corrected chi connectivity index (χ1v) is 19.8. The van der Waals surface area contributed by atoms with Gasteiger partial charge in [-0.2, -0.15) is 10.5 Å². The Hall–Kier alpha value is -8.58. The van der Waals surface area contributed by atoms with Gasteiger partial charge in [-0.3, -0.25) is 0 Å². The molecule has 0 bridgehead atoms. The van der Waals surface area contributed by atoms with E-state index in [1.807, 2.05) is 84.9 Å². The molecule has 2 heterocycles. The van der Waals surface area contributed by atoms with E-state index >= 15 is 0 Å². The van der Waals surface area contributed by atoms with Crippen LogP contribution in [0.3, 0.4) is 0 Å². The van der Waals surface area contributed by atoms with Crippen molar-refractivity contribution in [3.05, 3.63) is 193 Å². The zero-order chi connectivity index (χ0) is 39.9. The molecule has 12 aromatic rings. The second-order valence-electron chi connectivity index (χ2n) is 15.1. The number of furan rings is 2. The van der Waals surface area contributed by atoms with E-state index < -0.39 is 0 Å². The maximum atomic E-state index is 9.74. The zero-order valence-corrected chi connectivity index (χ0v) is 31.9. The second kappa shape index (κ2) is 13.0. The fraction of sp³-hybridized carbons (Fsp3) is 0. The number of rotatable bonds is 6. The molecule has 2 aromatic heterocycles. The number of benzene rings is 10. The molecule has 0 N–H and O–H groups in total. The molecule has 10 aromatic carbocycles. The third-order valence-electron chi connectivity index (χ3n) is 11.9. The summed E-state index contributed by atoms with van der Waals surface area (Å²) in [5, 5.41) is 30.3. The van der Waals surface area contributed by atoms with Crippen molar-refractivity contribution < 1.29 is 8.83 Å². The molecule has 0 unspecified atom stereocenters. The van der Waals surface area contributed by atoms with Gasteiger partial charge < -0.3 is 18.6 Å². The topological polar surface area (TPSA) is 80.3 Å². The standard InChI is InChI=1S/C54H30N4O2/c55-31-33-15-23-37(24-16-33)57(47-11-5-9-41-39-7-1-3-13-49(39)59-53(41)47)45-29-21-35-20-28-44-46(30-22-36-19-27-43(45)51(35)52(36)44)58(38-25-17-34(32-56)18-26-38)48-12-6-10-42-40-8-2-4-14-50(40)60-54(42)48/h1-30H. The normalized spacial score (nSPS) is 11.6.